The lowest BCUT2D eigenvalue weighted by atomic mass is 9.83. The largest absolute Gasteiger partial charge is 0.525 e. The molecule has 0 N–H and O–H groups in total. The first-order valence-electron chi connectivity index (χ1n) is 9.30. The summed E-state index contributed by atoms with van der Waals surface area (Å²) in [5, 5.41) is 3.97. The van der Waals surface area contributed by atoms with Gasteiger partial charge in [0.05, 0.1) is 23.0 Å². The third-order valence-electron chi connectivity index (χ3n) is 5.38. The second-order valence-electron chi connectivity index (χ2n) is 8.04. The average Bonchev–Trinajstić information content (AvgIpc) is 3.15. The van der Waals surface area contributed by atoms with E-state index in [9.17, 15) is 17.6 Å². The summed E-state index contributed by atoms with van der Waals surface area (Å²) in [4.78, 5) is 0. The molecule has 0 unspecified atom stereocenters. The number of halogens is 4. The Morgan fingerprint density at radius 1 is 1.07 bits per heavy atom. The third-order valence-corrected chi connectivity index (χ3v) is 5.38. The van der Waals surface area contributed by atoms with Crippen LogP contribution in [0.25, 0.3) is 5.57 Å². The monoisotopic (exact) mass is 410 g/mol. The first-order valence-corrected chi connectivity index (χ1v) is 9.30. The summed E-state index contributed by atoms with van der Waals surface area (Å²) >= 11 is 0. The van der Waals surface area contributed by atoms with Crippen LogP contribution in [0.15, 0.2) is 48.5 Å². The molecule has 1 aliphatic rings. The molecule has 0 amide bonds. The summed E-state index contributed by atoms with van der Waals surface area (Å²) < 4.78 is 68.4. The molecule has 0 aliphatic carbocycles. The fraction of sp³-hybridized carbons (Fsp3) is 0.450. The van der Waals surface area contributed by atoms with Crippen molar-refractivity contribution < 1.29 is 26.9 Å². The number of hydrogen-bond donors (Lipinski definition) is 0. The van der Waals surface area contributed by atoms with E-state index in [4.69, 9.17) is 9.31 Å². The van der Waals surface area contributed by atoms with E-state index in [1.807, 2.05) is 30.3 Å². The molecule has 9 heteroatoms. The van der Waals surface area contributed by atoms with Gasteiger partial charge in [-0.15, -0.1) is 0 Å². The highest BCUT2D eigenvalue weighted by Crippen LogP contribution is 2.43. The van der Waals surface area contributed by atoms with E-state index in [0.29, 0.717) is 13.0 Å². The van der Waals surface area contributed by atoms with Gasteiger partial charge >= 0.3 is 13.3 Å². The second kappa shape index (κ2) is 7.61. The lowest BCUT2D eigenvalue weighted by Crippen LogP contribution is -2.41. The maximum Gasteiger partial charge on any atom is 0.525 e. The number of hydrogen-bond acceptors (Lipinski definition) is 3. The molecule has 0 atom stereocenters. The van der Waals surface area contributed by atoms with Gasteiger partial charge in [0.2, 0.25) is 0 Å². The molecule has 1 aliphatic heterocycles. The van der Waals surface area contributed by atoms with Gasteiger partial charge in [0, 0.05) is 18.3 Å². The SMILES string of the molecule is CC1(C)OB(C(F)=C(c2cnn(CCc3ccccc3)c2)C(F)(F)F)OC1(C)C. The zero-order valence-electron chi connectivity index (χ0n) is 16.8. The number of nitrogens with zero attached hydrogens (tertiary/aromatic N) is 2. The zero-order valence-corrected chi connectivity index (χ0v) is 16.8. The Labute approximate surface area is 167 Å². The van der Waals surface area contributed by atoms with E-state index in [2.05, 4.69) is 5.10 Å². The Kier molecular flexibility index (Phi) is 5.66. The zero-order chi connectivity index (χ0) is 21.4. The fourth-order valence-corrected chi connectivity index (χ4v) is 3.00. The average molecular weight is 410 g/mol. The second-order valence-corrected chi connectivity index (χ2v) is 8.04. The number of benzene rings is 1. The van der Waals surface area contributed by atoms with E-state index in [1.54, 1.807) is 27.7 Å². The summed E-state index contributed by atoms with van der Waals surface area (Å²) in [6, 6.07) is 9.49. The predicted molar refractivity (Wildman–Crippen MR) is 103 cm³/mol. The molecule has 29 heavy (non-hydrogen) atoms. The van der Waals surface area contributed by atoms with Gasteiger partial charge in [0.15, 0.2) is 0 Å². The smallest absolute Gasteiger partial charge is 0.398 e. The summed E-state index contributed by atoms with van der Waals surface area (Å²) in [5.41, 5.74) is -4.17. The quantitative estimate of drug-likeness (QED) is 0.514. The molecular formula is C20H23BF4N2O2. The maximum atomic E-state index is 15.0. The van der Waals surface area contributed by atoms with Crippen molar-refractivity contribution in [2.24, 2.45) is 0 Å². The Morgan fingerprint density at radius 2 is 1.66 bits per heavy atom. The number of alkyl halides is 3. The van der Waals surface area contributed by atoms with Crippen molar-refractivity contribution >= 4 is 12.7 Å². The molecular weight excluding hydrogens is 387 g/mol. The molecule has 0 radical (unpaired) electrons. The lowest BCUT2D eigenvalue weighted by Gasteiger charge is -2.32. The standard InChI is InChI=1S/C20H23BF4N2O2/c1-18(2)19(3,4)29-21(28-18)17(22)16(20(23,24)25)15-12-26-27(13-15)11-10-14-8-6-5-7-9-14/h5-9,12-13H,10-11H2,1-4H3. The molecule has 2 heterocycles. The van der Waals surface area contributed by atoms with Crippen LogP contribution in [0.5, 0.6) is 0 Å². The Hall–Kier alpha value is -2.13. The number of allylic oxidation sites excluding steroid dienone is 1. The molecule has 0 spiro atoms. The molecule has 3 rings (SSSR count). The van der Waals surface area contributed by atoms with Crippen molar-refractivity contribution in [2.75, 3.05) is 0 Å². The minimum Gasteiger partial charge on any atom is -0.398 e. The van der Waals surface area contributed by atoms with Crippen LogP contribution in [0.2, 0.25) is 0 Å². The highest BCUT2D eigenvalue weighted by molar-refractivity contribution is 6.55. The van der Waals surface area contributed by atoms with Crippen molar-refractivity contribution in [3.8, 4) is 0 Å². The number of aryl methyl sites for hydroxylation is 2. The molecule has 156 valence electrons. The van der Waals surface area contributed by atoms with Crippen molar-refractivity contribution in [3.05, 3.63) is 59.6 Å². The molecule has 1 fully saturated rings. The van der Waals surface area contributed by atoms with E-state index in [-0.39, 0.29) is 5.56 Å². The minimum atomic E-state index is -4.93. The highest BCUT2D eigenvalue weighted by atomic mass is 19.4. The van der Waals surface area contributed by atoms with E-state index in [1.165, 1.54) is 10.9 Å². The summed E-state index contributed by atoms with van der Waals surface area (Å²) in [7, 11) is -1.73. The Morgan fingerprint density at radius 3 is 2.21 bits per heavy atom. The van der Waals surface area contributed by atoms with Gasteiger partial charge in [0.25, 0.3) is 0 Å². The van der Waals surface area contributed by atoms with Crippen molar-refractivity contribution in [1.29, 1.82) is 0 Å². The van der Waals surface area contributed by atoms with Gasteiger partial charge in [-0.1, -0.05) is 30.3 Å². The fourth-order valence-electron chi connectivity index (χ4n) is 3.00. The van der Waals surface area contributed by atoms with Gasteiger partial charge in [0.1, 0.15) is 5.73 Å². The number of rotatable bonds is 5. The van der Waals surface area contributed by atoms with Gasteiger partial charge in [-0.25, -0.2) is 4.39 Å². The van der Waals surface area contributed by atoms with Crippen LogP contribution in [-0.2, 0) is 22.3 Å². The summed E-state index contributed by atoms with van der Waals surface area (Å²) in [5.74, 6) is 0. The van der Waals surface area contributed by atoms with Crippen LogP contribution in [0.1, 0.15) is 38.8 Å². The van der Waals surface area contributed by atoms with E-state index in [0.717, 1.165) is 11.8 Å². The van der Waals surface area contributed by atoms with Gasteiger partial charge < -0.3 is 9.31 Å². The lowest BCUT2D eigenvalue weighted by molar-refractivity contribution is -0.0699. The molecule has 2 aromatic rings. The van der Waals surface area contributed by atoms with Gasteiger partial charge in [-0.3, -0.25) is 4.68 Å². The molecule has 1 aromatic heterocycles. The van der Waals surface area contributed by atoms with E-state index >= 15 is 0 Å². The Bertz CT molecular complexity index is 875. The van der Waals surface area contributed by atoms with Crippen LogP contribution < -0.4 is 0 Å². The molecule has 0 bridgehead atoms. The first kappa shape index (κ1) is 21.6. The summed E-state index contributed by atoms with van der Waals surface area (Å²) in [6.45, 7) is 6.96. The van der Waals surface area contributed by atoms with Gasteiger partial charge in [-0.05, 0) is 39.7 Å². The summed E-state index contributed by atoms with van der Waals surface area (Å²) in [6.07, 6.45) is -2.14. The molecule has 1 aromatic carbocycles. The first-order chi connectivity index (χ1) is 13.4. The number of aromatic nitrogens is 2. The third kappa shape index (κ3) is 4.56. The van der Waals surface area contributed by atoms with Crippen LogP contribution in [0, 0.1) is 0 Å². The normalized spacial score (nSPS) is 19.4. The van der Waals surface area contributed by atoms with Crippen molar-refractivity contribution in [2.45, 2.75) is 58.0 Å². The molecule has 1 saturated heterocycles. The molecule has 0 saturated carbocycles. The molecule has 4 nitrogen and oxygen atoms in total. The highest BCUT2D eigenvalue weighted by Gasteiger charge is 2.55. The van der Waals surface area contributed by atoms with Crippen LogP contribution in [0.3, 0.4) is 0 Å². The van der Waals surface area contributed by atoms with Crippen molar-refractivity contribution in [3.63, 3.8) is 0 Å². The van der Waals surface area contributed by atoms with Gasteiger partial charge in [-0.2, -0.15) is 18.3 Å². The maximum absolute atomic E-state index is 15.0. The minimum absolute atomic E-state index is 0.363. The van der Waals surface area contributed by atoms with E-state index < -0.39 is 35.8 Å². The Balaban J connectivity index is 1.86. The van der Waals surface area contributed by atoms with Crippen LogP contribution in [0.4, 0.5) is 17.6 Å². The van der Waals surface area contributed by atoms with Crippen LogP contribution >= 0.6 is 0 Å². The van der Waals surface area contributed by atoms with Crippen LogP contribution in [-0.4, -0.2) is 34.3 Å². The topological polar surface area (TPSA) is 36.3 Å². The predicted octanol–water partition coefficient (Wildman–Crippen LogP) is 5.00. The van der Waals surface area contributed by atoms with Crippen molar-refractivity contribution in [1.82, 2.24) is 9.78 Å².